The zero-order valence-electron chi connectivity index (χ0n) is 12.3. The second-order valence-electron chi connectivity index (χ2n) is 4.93. The summed E-state index contributed by atoms with van der Waals surface area (Å²) in [4.78, 5) is 0. The molecule has 1 heterocycles. The monoisotopic (exact) mass is 274 g/mol. The average molecular weight is 274 g/mol. The first-order valence-corrected chi connectivity index (χ1v) is 6.93. The molecule has 0 aliphatic carbocycles. The molecule has 2 aromatic rings. The SMILES string of the molecule is CCc1ccc(C(CO)NCc2nnc(C)n2C)cc1. The number of aromatic nitrogens is 3. The van der Waals surface area contributed by atoms with Crippen LogP contribution in [-0.2, 0) is 20.0 Å². The Hall–Kier alpha value is -1.72. The van der Waals surface area contributed by atoms with Crippen LogP contribution in [0.4, 0.5) is 0 Å². The molecule has 0 saturated carbocycles. The zero-order chi connectivity index (χ0) is 14.5. The van der Waals surface area contributed by atoms with E-state index in [1.807, 2.05) is 18.5 Å². The van der Waals surface area contributed by atoms with Gasteiger partial charge in [0.25, 0.3) is 0 Å². The Kier molecular flexibility index (Phi) is 4.87. The Morgan fingerprint density at radius 3 is 2.45 bits per heavy atom. The van der Waals surface area contributed by atoms with Crippen molar-refractivity contribution in [3.8, 4) is 0 Å². The van der Waals surface area contributed by atoms with Gasteiger partial charge in [-0.3, -0.25) is 0 Å². The molecule has 1 aromatic carbocycles. The predicted octanol–water partition coefficient (Wildman–Crippen LogP) is 1.51. The van der Waals surface area contributed by atoms with Crippen LogP contribution in [0.2, 0.25) is 0 Å². The van der Waals surface area contributed by atoms with E-state index >= 15 is 0 Å². The lowest BCUT2D eigenvalue weighted by molar-refractivity contribution is 0.242. The molecular weight excluding hydrogens is 252 g/mol. The fraction of sp³-hybridized carbons (Fsp3) is 0.467. The van der Waals surface area contributed by atoms with Crippen LogP contribution in [0.1, 0.15) is 35.7 Å². The minimum atomic E-state index is -0.0853. The molecule has 0 aliphatic heterocycles. The summed E-state index contributed by atoms with van der Waals surface area (Å²) in [5.74, 6) is 1.75. The minimum absolute atomic E-state index is 0.0578. The number of aliphatic hydroxyl groups excluding tert-OH is 1. The van der Waals surface area contributed by atoms with Gasteiger partial charge in [-0.1, -0.05) is 31.2 Å². The summed E-state index contributed by atoms with van der Waals surface area (Å²) in [5.41, 5.74) is 2.39. The summed E-state index contributed by atoms with van der Waals surface area (Å²) < 4.78 is 1.95. The molecule has 0 fully saturated rings. The summed E-state index contributed by atoms with van der Waals surface area (Å²) in [7, 11) is 1.94. The van der Waals surface area contributed by atoms with Crippen LogP contribution in [0.3, 0.4) is 0 Å². The average Bonchev–Trinajstić information content (AvgIpc) is 2.80. The van der Waals surface area contributed by atoms with Crippen LogP contribution in [-0.4, -0.2) is 26.5 Å². The molecule has 0 aliphatic rings. The van der Waals surface area contributed by atoms with Crippen molar-refractivity contribution in [3.63, 3.8) is 0 Å². The van der Waals surface area contributed by atoms with Gasteiger partial charge in [0.1, 0.15) is 11.6 Å². The van der Waals surface area contributed by atoms with Gasteiger partial charge in [-0.15, -0.1) is 10.2 Å². The third-order valence-electron chi connectivity index (χ3n) is 3.66. The fourth-order valence-corrected chi connectivity index (χ4v) is 2.09. The van der Waals surface area contributed by atoms with Gasteiger partial charge in [-0.05, 0) is 24.5 Å². The van der Waals surface area contributed by atoms with E-state index in [0.29, 0.717) is 6.54 Å². The van der Waals surface area contributed by atoms with E-state index in [9.17, 15) is 5.11 Å². The van der Waals surface area contributed by atoms with Gasteiger partial charge in [-0.2, -0.15) is 0 Å². The van der Waals surface area contributed by atoms with Crippen LogP contribution in [0.25, 0.3) is 0 Å². The summed E-state index contributed by atoms with van der Waals surface area (Å²) in [5, 5.41) is 21.0. The first kappa shape index (κ1) is 14.7. The molecule has 1 aromatic heterocycles. The maximum absolute atomic E-state index is 9.55. The molecule has 5 nitrogen and oxygen atoms in total. The third kappa shape index (κ3) is 3.23. The van der Waals surface area contributed by atoms with Crippen molar-refractivity contribution in [1.82, 2.24) is 20.1 Å². The van der Waals surface area contributed by atoms with Crippen molar-refractivity contribution in [2.75, 3.05) is 6.61 Å². The van der Waals surface area contributed by atoms with Crippen molar-refractivity contribution in [1.29, 1.82) is 0 Å². The van der Waals surface area contributed by atoms with Crippen LogP contribution in [0, 0.1) is 6.92 Å². The summed E-state index contributed by atoms with van der Waals surface area (Å²) in [6.07, 6.45) is 1.02. The summed E-state index contributed by atoms with van der Waals surface area (Å²) in [6.45, 7) is 4.69. The number of hydrogen-bond donors (Lipinski definition) is 2. The maximum atomic E-state index is 9.55. The van der Waals surface area contributed by atoms with Gasteiger partial charge in [0.2, 0.25) is 0 Å². The molecule has 2 N–H and O–H groups in total. The standard InChI is InChI=1S/C15H22N4O/c1-4-12-5-7-13(8-6-12)14(10-20)16-9-15-18-17-11(2)19(15)3/h5-8,14,16,20H,4,9-10H2,1-3H3. The van der Waals surface area contributed by atoms with E-state index in [4.69, 9.17) is 0 Å². The van der Waals surface area contributed by atoms with Crippen LogP contribution in [0.5, 0.6) is 0 Å². The number of aliphatic hydroxyl groups is 1. The highest BCUT2D eigenvalue weighted by molar-refractivity contribution is 5.25. The topological polar surface area (TPSA) is 63.0 Å². The van der Waals surface area contributed by atoms with E-state index < -0.39 is 0 Å². The highest BCUT2D eigenvalue weighted by Gasteiger charge is 2.12. The smallest absolute Gasteiger partial charge is 0.146 e. The molecular formula is C15H22N4O. The Morgan fingerprint density at radius 1 is 1.25 bits per heavy atom. The van der Waals surface area contributed by atoms with Crippen molar-refractivity contribution in [2.45, 2.75) is 32.9 Å². The Bertz CT molecular complexity index is 548. The normalized spacial score (nSPS) is 12.6. The number of rotatable bonds is 6. The van der Waals surface area contributed by atoms with Gasteiger partial charge >= 0.3 is 0 Å². The molecule has 5 heteroatoms. The lowest BCUT2D eigenvalue weighted by Gasteiger charge is -2.16. The number of nitrogens with zero attached hydrogens (tertiary/aromatic N) is 3. The van der Waals surface area contributed by atoms with Crippen molar-refractivity contribution in [2.24, 2.45) is 7.05 Å². The largest absolute Gasteiger partial charge is 0.394 e. The number of benzene rings is 1. The minimum Gasteiger partial charge on any atom is -0.394 e. The van der Waals surface area contributed by atoms with Gasteiger partial charge in [0.05, 0.1) is 19.2 Å². The molecule has 1 unspecified atom stereocenters. The summed E-state index contributed by atoms with van der Waals surface area (Å²) >= 11 is 0. The highest BCUT2D eigenvalue weighted by Crippen LogP contribution is 2.14. The van der Waals surface area contributed by atoms with E-state index in [-0.39, 0.29) is 12.6 Å². The van der Waals surface area contributed by atoms with Crippen LogP contribution < -0.4 is 5.32 Å². The molecule has 20 heavy (non-hydrogen) atoms. The third-order valence-corrected chi connectivity index (χ3v) is 3.66. The number of aryl methyl sites for hydroxylation is 2. The quantitative estimate of drug-likeness (QED) is 0.838. The van der Waals surface area contributed by atoms with Gasteiger partial charge in [0.15, 0.2) is 0 Å². The van der Waals surface area contributed by atoms with Crippen LogP contribution in [0.15, 0.2) is 24.3 Å². The second kappa shape index (κ2) is 6.63. The fourth-order valence-electron chi connectivity index (χ4n) is 2.09. The molecule has 2 rings (SSSR count). The van der Waals surface area contributed by atoms with Crippen molar-refractivity contribution < 1.29 is 5.11 Å². The zero-order valence-corrected chi connectivity index (χ0v) is 12.3. The first-order chi connectivity index (χ1) is 9.65. The molecule has 1 atom stereocenters. The van der Waals surface area contributed by atoms with E-state index in [1.54, 1.807) is 0 Å². The highest BCUT2D eigenvalue weighted by atomic mass is 16.3. The summed E-state index contributed by atoms with van der Waals surface area (Å²) in [6, 6.07) is 8.25. The molecule has 0 bridgehead atoms. The first-order valence-electron chi connectivity index (χ1n) is 6.93. The Morgan fingerprint density at radius 2 is 1.95 bits per heavy atom. The lowest BCUT2D eigenvalue weighted by atomic mass is 10.0. The predicted molar refractivity (Wildman–Crippen MR) is 78.2 cm³/mol. The molecule has 0 saturated heterocycles. The Balaban J connectivity index is 2.03. The van der Waals surface area contributed by atoms with Gasteiger partial charge in [0, 0.05) is 7.05 Å². The van der Waals surface area contributed by atoms with Crippen molar-refractivity contribution >= 4 is 0 Å². The molecule has 0 radical (unpaired) electrons. The van der Waals surface area contributed by atoms with E-state index in [1.165, 1.54) is 5.56 Å². The van der Waals surface area contributed by atoms with Gasteiger partial charge < -0.3 is 15.0 Å². The van der Waals surface area contributed by atoms with E-state index in [2.05, 4.69) is 46.7 Å². The second-order valence-corrected chi connectivity index (χ2v) is 4.93. The molecule has 0 spiro atoms. The maximum Gasteiger partial charge on any atom is 0.146 e. The number of hydrogen-bond acceptors (Lipinski definition) is 4. The molecule has 0 amide bonds. The lowest BCUT2D eigenvalue weighted by Crippen LogP contribution is -2.25. The van der Waals surface area contributed by atoms with E-state index in [0.717, 1.165) is 23.6 Å². The van der Waals surface area contributed by atoms with Gasteiger partial charge in [-0.25, -0.2) is 0 Å². The van der Waals surface area contributed by atoms with Crippen molar-refractivity contribution in [3.05, 3.63) is 47.0 Å². The van der Waals surface area contributed by atoms with Crippen LogP contribution >= 0.6 is 0 Å². The number of nitrogens with one attached hydrogen (secondary N) is 1. The Labute approximate surface area is 119 Å². The molecule has 108 valence electrons.